The molecule has 1 atom stereocenters. The van der Waals surface area contributed by atoms with Crippen molar-refractivity contribution in [3.8, 4) is 0 Å². The van der Waals surface area contributed by atoms with Crippen molar-refractivity contribution >= 4 is 27.5 Å². The molecule has 0 aliphatic heterocycles. The molecule has 4 aromatic rings. The van der Waals surface area contributed by atoms with Crippen LogP contribution in [0, 0.1) is 0 Å². The highest BCUT2D eigenvalue weighted by atomic mass is 16.1. The molecule has 0 amide bonds. The molecular weight excluding hydrogens is 306 g/mol. The quantitative estimate of drug-likeness (QED) is 0.422. The molecule has 0 spiro atoms. The number of nitrogens with zero attached hydrogens (tertiary/aromatic N) is 1. The van der Waals surface area contributed by atoms with Crippen molar-refractivity contribution in [1.82, 2.24) is 4.57 Å². The van der Waals surface area contributed by atoms with E-state index in [9.17, 15) is 4.79 Å². The lowest BCUT2D eigenvalue weighted by atomic mass is 10.00. The van der Waals surface area contributed by atoms with Gasteiger partial charge in [-0.25, -0.2) is 0 Å². The molecule has 1 unspecified atom stereocenters. The molecule has 0 saturated carbocycles. The van der Waals surface area contributed by atoms with E-state index in [2.05, 4.69) is 36.6 Å². The van der Waals surface area contributed by atoms with Gasteiger partial charge in [-0.1, -0.05) is 61.5 Å². The van der Waals surface area contributed by atoms with Crippen molar-refractivity contribution in [3.05, 3.63) is 84.1 Å². The normalized spacial score (nSPS) is 12.6. The van der Waals surface area contributed by atoms with Crippen LogP contribution in [-0.4, -0.2) is 10.4 Å². The summed E-state index contributed by atoms with van der Waals surface area (Å²) in [4.78, 5) is 13.2. The van der Waals surface area contributed by atoms with E-state index in [0.29, 0.717) is 6.04 Å². The van der Waals surface area contributed by atoms with Crippen molar-refractivity contribution in [3.63, 3.8) is 0 Å². The van der Waals surface area contributed by atoms with E-state index < -0.39 is 0 Å². The summed E-state index contributed by atoms with van der Waals surface area (Å²) in [6.07, 6.45) is 3.05. The number of carbonyl (C=O) groups excluding carboxylic acids is 1. The Hall–Kier alpha value is -2.87. The average Bonchev–Trinajstić information content (AvgIpc) is 3.06. The zero-order chi connectivity index (χ0) is 17.4. The Bertz CT molecular complexity index is 1070. The maximum absolute atomic E-state index is 13.2. The molecule has 4 rings (SSSR count). The van der Waals surface area contributed by atoms with E-state index in [1.54, 1.807) is 0 Å². The second-order valence-electron chi connectivity index (χ2n) is 6.62. The van der Waals surface area contributed by atoms with Gasteiger partial charge in [0.2, 0.25) is 0 Å². The summed E-state index contributed by atoms with van der Waals surface area (Å²) in [6.45, 7) is 4.36. The summed E-state index contributed by atoms with van der Waals surface area (Å²) in [6, 6.07) is 22.6. The van der Waals surface area contributed by atoms with Gasteiger partial charge in [0, 0.05) is 34.3 Å². The lowest BCUT2D eigenvalue weighted by molar-refractivity contribution is 0.104. The standard InChI is InChI=1S/C23H21NO/c1-3-16(2)24-15-21(20-10-6-7-11-22(20)24)23(25)19-13-12-17-8-4-5-9-18(17)14-19/h4-16H,3H2,1-2H3. The van der Waals surface area contributed by atoms with Gasteiger partial charge >= 0.3 is 0 Å². The van der Waals surface area contributed by atoms with Gasteiger partial charge in [0.25, 0.3) is 0 Å². The zero-order valence-corrected chi connectivity index (χ0v) is 14.6. The Morgan fingerprint density at radius 2 is 1.68 bits per heavy atom. The average molecular weight is 327 g/mol. The monoisotopic (exact) mass is 327 g/mol. The summed E-state index contributed by atoms with van der Waals surface area (Å²) < 4.78 is 2.23. The molecular formula is C23H21NO. The molecule has 0 radical (unpaired) electrons. The van der Waals surface area contributed by atoms with Gasteiger partial charge in [0.1, 0.15) is 0 Å². The molecule has 124 valence electrons. The number of carbonyl (C=O) groups is 1. The van der Waals surface area contributed by atoms with Crippen molar-refractivity contribution < 1.29 is 4.79 Å². The van der Waals surface area contributed by atoms with Gasteiger partial charge in [0.05, 0.1) is 0 Å². The van der Waals surface area contributed by atoms with Gasteiger partial charge < -0.3 is 4.57 Å². The van der Waals surface area contributed by atoms with Crippen LogP contribution in [0.2, 0.25) is 0 Å². The summed E-state index contributed by atoms with van der Waals surface area (Å²) in [5.74, 6) is 0.0870. The van der Waals surface area contributed by atoms with Crippen LogP contribution >= 0.6 is 0 Å². The Balaban J connectivity index is 1.86. The number of hydrogen-bond donors (Lipinski definition) is 0. The molecule has 0 aliphatic rings. The first-order chi connectivity index (χ1) is 12.2. The summed E-state index contributed by atoms with van der Waals surface area (Å²) in [5, 5.41) is 3.28. The van der Waals surface area contributed by atoms with Crippen molar-refractivity contribution in [2.45, 2.75) is 26.3 Å². The highest BCUT2D eigenvalue weighted by molar-refractivity contribution is 6.17. The van der Waals surface area contributed by atoms with Crippen LogP contribution in [0.4, 0.5) is 0 Å². The van der Waals surface area contributed by atoms with Crippen LogP contribution in [0.25, 0.3) is 21.7 Å². The highest BCUT2D eigenvalue weighted by Gasteiger charge is 2.18. The van der Waals surface area contributed by atoms with Crippen LogP contribution < -0.4 is 0 Å². The third kappa shape index (κ3) is 2.64. The Morgan fingerprint density at radius 1 is 0.960 bits per heavy atom. The largest absolute Gasteiger partial charge is 0.344 e. The lowest BCUT2D eigenvalue weighted by Gasteiger charge is -2.12. The first-order valence-electron chi connectivity index (χ1n) is 8.82. The van der Waals surface area contributed by atoms with E-state index in [4.69, 9.17) is 0 Å². The lowest BCUT2D eigenvalue weighted by Crippen LogP contribution is -2.03. The number of rotatable bonds is 4. The minimum Gasteiger partial charge on any atom is -0.344 e. The molecule has 25 heavy (non-hydrogen) atoms. The smallest absolute Gasteiger partial charge is 0.195 e. The molecule has 1 heterocycles. The summed E-state index contributed by atoms with van der Waals surface area (Å²) >= 11 is 0. The fourth-order valence-electron chi connectivity index (χ4n) is 3.43. The van der Waals surface area contributed by atoms with Gasteiger partial charge in [-0.15, -0.1) is 0 Å². The van der Waals surface area contributed by atoms with Crippen LogP contribution in [0.5, 0.6) is 0 Å². The van der Waals surface area contributed by atoms with Gasteiger partial charge in [-0.2, -0.15) is 0 Å². The second kappa shape index (κ2) is 6.21. The van der Waals surface area contributed by atoms with Gasteiger partial charge in [0.15, 0.2) is 5.78 Å². The minimum atomic E-state index is 0.0870. The molecule has 1 aromatic heterocycles. The van der Waals surface area contributed by atoms with Crippen molar-refractivity contribution in [2.24, 2.45) is 0 Å². The predicted octanol–water partition coefficient (Wildman–Crippen LogP) is 6.00. The number of fused-ring (bicyclic) bond motifs is 2. The number of aromatic nitrogens is 1. The van der Waals surface area contributed by atoms with E-state index in [1.165, 1.54) is 0 Å². The summed E-state index contributed by atoms with van der Waals surface area (Å²) in [7, 11) is 0. The van der Waals surface area contributed by atoms with Crippen LogP contribution in [0.1, 0.15) is 42.2 Å². The Morgan fingerprint density at radius 3 is 2.48 bits per heavy atom. The molecule has 0 saturated heterocycles. The maximum atomic E-state index is 13.2. The van der Waals surface area contributed by atoms with Crippen molar-refractivity contribution in [1.29, 1.82) is 0 Å². The molecule has 2 nitrogen and oxygen atoms in total. The number of ketones is 1. The first-order valence-corrected chi connectivity index (χ1v) is 8.82. The van der Waals surface area contributed by atoms with Crippen LogP contribution in [-0.2, 0) is 0 Å². The topological polar surface area (TPSA) is 22.0 Å². The van der Waals surface area contributed by atoms with E-state index >= 15 is 0 Å². The molecule has 0 N–H and O–H groups in total. The SMILES string of the molecule is CCC(C)n1cc(C(=O)c2ccc3ccccc3c2)c2ccccc21. The van der Waals surface area contributed by atoms with E-state index in [-0.39, 0.29) is 5.78 Å². The van der Waals surface area contributed by atoms with Crippen LogP contribution in [0.15, 0.2) is 72.9 Å². The van der Waals surface area contributed by atoms with Crippen molar-refractivity contribution in [2.75, 3.05) is 0 Å². The zero-order valence-electron chi connectivity index (χ0n) is 14.6. The molecule has 2 heteroatoms. The molecule has 3 aromatic carbocycles. The Labute approximate surface area is 147 Å². The second-order valence-corrected chi connectivity index (χ2v) is 6.62. The van der Waals surface area contributed by atoms with E-state index in [0.717, 1.165) is 39.2 Å². The fourth-order valence-corrected chi connectivity index (χ4v) is 3.43. The molecule has 0 fully saturated rings. The number of benzene rings is 3. The van der Waals surface area contributed by atoms with Crippen LogP contribution in [0.3, 0.4) is 0 Å². The number of para-hydroxylation sites is 1. The fraction of sp³-hybridized carbons (Fsp3) is 0.174. The predicted molar refractivity (Wildman–Crippen MR) is 104 cm³/mol. The maximum Gasteiger partial charge on any atom is 0.195 e. The molecule has 0 bridgehead atoms. The van der Waals surface area contributed by atoms with Gasteiger partial charge in [-0.05, 0) is 36.2 Å². The summed E-state index contributed by atoms with van der Waals surface area (Å²) in [5.41, 5.74) is 2.65. The highest BCUT2D eigenvalue weighted by Crippen LogP contribution is 2.28. The number of hydrogen-bond acceptors (Lipinski definition) is 1. The Kier molecular flexibility index (Phi) is 3.89. The third-order valence-corrected chi connectivity index (χ3v) is 5.06. The van der Waals surface area contributed by atoms with Gasteiger partial charge in [-0.3, -0.25) is 4.79 Å². The van der Waals surface area contributed by atoms with E-state index in [1.807, 2.05) is 54.7 Å². The third-order valence-electron chi connectivity index (χ3n) is 5.06. The first kappa shape index (κ1) is 15.6. The minimum absolute atomic E-state index is 0.0870. The molecule has 0 aliphatic carbocycles.